The quantitative estimate of drug-likeness (QED) is 0.644. The van der Waals surface area contributed by atoms with Crippen LogP contribution in [0.2, 0.25) is 0 Å². The molecular weight excluding hydrogens is 360 g/mol. The van der Waals surface area contributed by atoms with Crippen molar-refractivity contribution in [2.24, 2.45) is 23.7 Å². The molecule has 2 aromatic rings. The molecule has 5 atom stereocenters. The Hall–Kier alpha value is -1.36. The Morgan fingerprint density at radius 2 is 1.83 bits per heavy atom. The lowest BCUT2D eigenvalue weighted by molar-refractivity contribution is 0.0364. The zero-order valence-electron chi connectivity index (χ0n) is 17.5. The molecule has 0 spiro atoms. The number of aromatic amines is 1. The molecule has 4 heteroatoms. The minimum absolute atomic E-state index is 0.0416. The highest BCUT2D eigenvalue weighted by molar-refractivity contribution is 5.83. The minimum atomic E-state index is -0.0416. The van der Waals surface area contributed by atoms with Crippen LogP contribution in [0, 0.1) is 23.7 Å². The van der Waals surface area contributed by atoms with E-state index in [1.807, 2.05) is 6.07 Å². The fourth-order valence-corrected chi connectivity index (χ4v) is 6.81. The van der Waals surface area contributed by atoms with Gasteiger partial charge in [-0.15, -0.1) is 0 Å². The van der Waals surface area contributed by atoms with Crippen molar-refractivity contribution in [2.75, 3.05) is 19.6 Å². The molecule has 4 nitrogen and oxygen atoms in total. The van der Waals surface area contributed by atoms with E-state index in [2.05, 4.69) is 28.2 Å². The van der Waals surface area contributed by atoms with Gasteiger partial charge < -0.3 is 20.1 Å². The summed E-state index contributed by atoms with van der Waals surface area (Å²) in [7, 11) is 0. The van der Waals surface area contributed by atoms with Gasteiger partial charge in [0.2, 0.25) is 0 Å². The summed E-state index contributed by atoms with van der Waals surface area (Å²) in [6.07, 6.45) is 12.2. The number of aromatic nitrogens is 1. The highest BCUT2D eigenvalue weighted by Crippen LogP contribution is 2.52. The van der Waals surface area contributed by atoms with Gasteiger partial charge in [0.15, 0.2) is 0 Å². The largest absolute Gasteiger partial charge is 0.392 e. The number of hydrogen-bond donors (Lipinski definition) is 3. The van der Waals surface area contributed by atoms with Gasteiger partial charge in [-0.25, -0.2) is 0 Å². The number of hydrogen-bond acceptors (Lipinski definition) is 3. The summed E-state index contributed by atoms with van der Waals surface area (Å²) in [4.78, 5) is 5.99. The summed E-state index contributed by atoms with van der Waals surface area (Å²) in [6.45, 7) is 3.61. The second-order valence-electron chi connectivity index (χ2n) is 9.83. The number of piperidine rings is 1. The average molecular weight is 397 g/mol. The van der Waals surface area contributed by atoms with Gasteiger partial charge in [-0.1, -0.05) is 18.9 Å². The molecule has 0 radical (unpaired) electrons. The third-order valence-electron chi connectivity index (χ3n) is 8.28. The summed E-state index contributed by atoms with van der Waals surface area (Å²) in [6, 6.07) is 6.17. The SMILES string of the molecule is OCc1ccc2[nH]cc(CCCCN3CCC4C(C3)C(O)C3CCCCC34)c2c1. The molecule has 0 amide bonds. The van der Waals surface area contributed by atoms with Crippen LogP contribution in [-0.4, -0.2) is 45.8 Å². The summed E-state index contributed by atoms with van der Waals surface area (Å²) in [5.74, 6) is 2.74. The number of rotatable bonds is 6. The van der Waals surface area contributed by atoms with Crippen LogP contribution in [0.15, 0.2) is 24.4 Å². The van der Waals surface area contributed by atoms with Gasteiger partial charge in [0.25, 0.3) is 0 Å². The van der Waals surface area contributed by atoms with Crippen molar-refractivity contribution < 1.29 is 10.2 Å². The molecule has 5 unspecified atom stereocenters. The highest BCUT2D eigenvalue weighted by Gasteiger charge is 2.51. The molecule has 2 saturated carbocycles. The van der Waals surface area contributed by atoms with Crippen molar-refractivity contribution in [3.05, 3.63) is 35.5 Å². The van der Waals surface area contributed by atoms with E-state index < -0.39 is 0 Å². The van der Waals surface area contributed by atoms with Crippen molar-refractivity contribution in [2.45, 2.75) is 64.1 Å². The van der Waals surface area contributed by atoms with Crippen molar-refractivity contribution >= 4 is 10.9 Å². The van der Waals surface area contributed by atoms with Gasteiger partial charge >= 0.3 is 0 Å². The maximum Gasteiger partial charge on any atom is 0.0682 e. The fraction of sp³-hybridized carbons (Fsp3) is 0.680. The first kappa shape index (κ1) is 19.6. The Morgan fingerprint density at radius 3 is 2.69 bits per heavy atom. The highest BCUT2D eigenvalue weighted by atomic mass is 16.3. The molecule has 3 aliphatic rings. The molecule has 158 valence electrons. The molecule has 2 heterocycles. The van der Waals surface area contributed by atoms with Crippen molar-refractivity contribution in [1.82, 2.24) is 9.88 Å². The molecule has 3 fully saturated rings. The molecule has 0 bridgehead atoms. The molecule has 3 N–H and O–H groups in total. The van der Waals surface area contributed by atoms with Gasteiger partial charge in [-0.2, -0.15) is 0 Å². The average Bonchev–Trinajstić information content (AvgIpc) is 3.30. The van der Waals surface area contributed by atoms with Gasteiger partial charge in [0.1, 0.15) is 0 Å². The van der Waals surface area contributed by atoms with E-state index >= 15 is 0 Å². The molecular formula is C25H36N2O2. The molecule has 2 aliphatic carbocycles. The third-order valence-corrected chi connectivity index (χ3v) is 8.28. The van der Waals surface area contributed by atoms with E-state index in [-0.39, 0.29) is 12.7 Å². The predicted octanol–water partition coefficient (Wildman–Crippen LogP) is 4.10. The zero-order valence-corrected chi connectivity index (χ0v) is 17.5. The van der Waals surface area contributed by atoms with E-state index in [4.69, 9.17) is 0 Å². The predicted molar refractivity (Wildman–Crippen MR) is 117 cm³/mol. The number of aryl methyl sites for hydroxylation is 1. The molecule has 1 aromatic carbocycles. The van der Waals surface area contributed by atoms with Gasteiger partial charge in [0.05, 0.1) is 12.7 Å². The number of unbranched alkanes of at least 4 members (excludes halogenated alkanes) is 1. The van der Waals surface area contributed by atoms with E-state index in [1.54, 1.807) is 0 Å². The van der Waals surface area contributed by atoms with Crippen LogP contribution >= 0.6 is 0 Å². The first-order valence-corrected chi connectivity index (χ1v) is 11.8. The van der Waals surface area contributed by atoms with Crippen LogP contribution < -0.4 is 0 Å². The van der Waals surface area contributed by atoms with E-state index in [0.29, 0.717) is 11.8 Å². The minimum Gasteiger partial charge on any atom is -0.392 e. The smallest absolute Gasteiger partial charge is 0.0682 e. The lowest BCUT2D eigenvalue weighted by Gasteiger charge is -2.38. The number of nitrogens with one attached hydrogen (secondary N) is 1. The van der Waals surface area contributed by atoms with E-state index in [9.17, 15) is 10.2 Å². The Bertz CT molecular complexity index is 831. The molecule has 5 rings (SSSR count). The Morgan fingerprint density at radius 1 is 1.00 bits per heavy atom. The van der Waals surface area contributed by atoms with Gasteiger partial charge in [-0.05, 0) is 92.6 Å². The van der Waals surface area contributed by atoms with E-state index in [1.165, 1.54) is 62.4 Å². The van der Waals surface area contributed by atoms with Crippen molar-refractivity contribution in [1.29, 1.82) is 0 Å². The molecule has 29 heavy (non-hydrogen) atoms. The maximum atomic E-state index is 10.9. The van der Waals surface area contributed by atoms with Crippen LogP contribution in [-0.2, 0) is 13.0 Å². The summed E-state index contributed by atoms with van der Waals surface area (Å²) in [5.41, 5.74) is 3.51. The number of likely N-dealkylation sites (tertiary alicyclic amines) is 1. The summed E-state index contributed by atoms with van der Waals surface area (Å²) in [5, 5.41) is 21.6. The summed E-state index contributed by atoms with van der Waals surface area (Å²) < 4.78 is 0. The third kappa shape index (κ3) is 3.75. The maximum absolute atomic E-state index is 10.9. The first-order valence-electron chi connectivity index (χ1n) is 11.8. The number of aliphatic hydroxyl groups is 2. The first-order chi connectivity index (χ1) is 14.2. The number of benzene rings is 1. The topological polar surface area (TPSA) is 59.5 Å². The van der Waals surface area contributed by atoms with Crippen LogP contribution in [0.5, 0.6) is 0 Å². The molecule has 1 aromatic heterocycles. The van der Waals surface area contributed by atoms with E-state index in [0.717, 1.165) is 42.4 Å². The Balaban J connectivity index is 1.13. The normalized spacial score (nSPS) is 32.4. The number of H-pyrrole nitrogens is 1. The number of aliphatic hydroxyl groups excluding tert-OH is 2. The number of nitrogens with zero attached hydrogens (tertiary/aromatic N) is 1. The fourth-order valence-electron chi connectivity index (χ4n) is 6.81. The van der Waals surface area contributed by atoms with Crippen LogP contribution in [0.25, 0.3) is 10.9 Å². The zero-order chi connectivity index (χ0) is 19.8. The second-order valence-corrected chi connectivity index (χ2v) is 9.83. The Labute approximate surface area is 174 Å². The van der Waals surface area contributed by atoms with Crippen LogP contribution in [0.3, 0.4) is 0 Å². The standard InChI is InChI=1S/C25H36N2O2/c28-16-17-8-9-24-22(13-17)18(14-26-24)5-3-4-11-27-12-10-20-19-6-1-2-7-21(19)25(29)23(20)15-27/h8-9,13-14,19-21,23,25-26,28-29H,1-7,10-12,15-16H2. The van der Waals surface area contributed by atoms with Crippen LogP contribution in [0.1, 0.15) is 56.1 Å². The second kappa shape index (κ2) is 8.41. The summed E-state index contributed by atoms with van der Waals surface area (Å²) >= 11 is 0. The number of fused-ring (bicyclic) bond motifs is 4. The Kier molecular flexibility index (Phi) is 5.68. The van der Waals surface area contributed by atoms with Crippen molar-refractivity contribution in [3.63, 3.8) is 0 Å². The molecule has 1 saturated heterocycles. The van der Waals surface area contributed by atoms with Gasteiger partial charge in [-0.3, -0.25) is 0 Å². The van der Waals surface area contributed by atoms with Crippen LogP contribution in [0.4, 0.5) is 0 Å². The lowest BCUT2D eigenvalue weighted by atomic mass is 9.75. The monoisotopic (exact) mass is 396 g/mol. The molecule has 1 aliphatic heterocycles. The van der Waals surface area contributed by atoms with Crippen molar-refractivity contribution in [3.8, 4) is 0 Å². The lowest BCUT2D eigenvalue weighted by Crippen LogP contribution is -2.43. The van der Waals surface area contributed by atoms with Gasteiger partial charge in [0, 0.05) is 29.6 Å².